The van der Waals surface area contributed by atoms with Crippen molar-refractivity contribution in [2.24, 2.45) is 0 Å². The van der Waals surface area contributed by atoms with Crippen LogP contribution in [0.2, 0.25) is 0 Å². The number of hydrogen-bond donors (Lipinski definition) is 1. The number of rotatable bonds is 6. The zero-order valence-electron chi connectivity index (χ0n) is 8.27. The predicted octanol–water partition coefficient (Wildman–Crippen LogP) is 0.0358. The molecule has 0 spiro atoms. The molecule has 1 N–H and O–H groups in total. The fourth-order valence-electron chi connectivity index (χ4n) is 1.04. The number of carbonyl (C=O) groups is 1. The van der Waals surface area contributed by atoms with Gasteiger partial charge >= 0.3 is 5.97 Å². The number of nitrogens with one attached hydrogen (secondary N) is 1. The molecule has 1 aromatic heterocycles. The third-order valence-electron chi connectivity index (χ3n) is 1.84. The molecule has 5 heteroatoms. The Kier molecular flexibility index (Phi) is 4.71. The molecule has 0 aliphatic heterocycles. The molecule has 14 heavy (non-hydrogen) atoms. The number of hydrogen-bond acceptors (Lipinski definition) is 4. The van der Waals surface area contributed by atoms with Crippen LogP contribution in [0.25, 0.3) is 0 Å². The normalized spacial score (nSPS) is 10.1. The van der Waals surface area contributed by atoms with Gasteiger partial charge in [-0.2, -0.15) is 0 Å². The minimum atomic E-state index is -0.180. The van der Waals surface area contributed by atoms with E-state index < -0.39 is 0 Å². The first-order valence-corrected chi connectivity index (χ1v) is 4.56. The van der Waals surface area contributed by atoms with Crippen molar-refractivity contribution in [3.8, 4) is 0 Å². The molecule has 5 nitrogen and oxygen atoms in total. The van der Waals surface area contributed by atoms with Gasteiger partial charge in [0.25, 0.3) is 0 Å². The van der Waals surface area contributed by atoms with Crippen LogP contribution in [0.1, 0.15) is 6.42 Å². The van der Waals surface area contributed by atoms with Crippen molar-refractivity contribution >= 4 is 5.97 Å². The minimum Gasteiger partial charge on any atom is -0.469 e. The molecule has 1 heterocycles. The number of methoxy groups -OCH3 is 1. The molecule has 0 saturated carbocycles. The first-order valence-electron chi connectivity index (χ1n) is 4.56. The highest BCUT2D eigenvalue weighted by Gasteiger charge is 1.97. The summed E-state index contributed by atoms with van der Waals surface area (Å²) in [5.41, 5.74) is 0. The Bertz CT molecular complexity index is 259. The summed E-state index contributed by atoms with van der Waals surface area (Å²) in [6, 6.07) is 0. The number of nitrogens with zero attached hydrogens (tertiary/aromatic N) is 2. The third kappa shape index (κ3) is 4.04. The highest BCUT2D eigenvalue weighted by Crippen LogP contribution is 1.84. The van der Waals surface area contributed by atoms with E-state index in [1.807, 2.05) is 10.8 Å². The number of esters is 1. The Morgan fingerprint density at radius 3 is 3.07 bits per heavy atom. The van der Waals surface area contributed by atoms with Crippen molar-refractivity contribution in [3.63, 3.8) is 0 Å². The van der Waals surface area contributed by atoms with Crippen molar-refractivity contribution < 1.29 is 9.53 Å². The van der Waals surface area contributed by atoms with Gasteiger partial charge < -0.3 is 14.6 Å². The molecule has 0 aliphatic carbocycles. The van der Waals surface area contributed by atoms with Crippen LogP contribution in [-0.4, -0.2) is 35.7 Å². The van der Waals surface area contributed by atoms with Crippen molar-refractivity contribution in [1.29, 1.82) is 0 Å². The van der Waals surface area contributed by atoms with Gasteiger partial charge in [0, 0.05) is 32.0 Å². The summed E-state index contributed by atoms with van der Waals surface area (Å²) < 4.78 is 6.49. The van der Waals surface area contributed by atoms with E-state index in [1.54, 1.807) is 12.5 Å². The molecule has 0 bridgehead atoms. The molecule has 1 rings (SSSR count). The second-order valence-electron chi connectivity index (χ2n) is 2.88. The molecule has 0 unspecified atom stereocenters. The largest absolute Gasteiger partial charge is 0.469 e. The molecule has 0 fully saturated rings. The van der Waals surface area contributed by atoms with Gasteiger partial charge in [0.15, 0.2) is 0 Å². The SMILES string of the molecule is COC(=O)CCNCCn1ccnc1. The zero-order chi connectivity index (χ0) is 10.2. The number of ether oxygens (including phenoxy) is 1. The van der Waals surface area contributed by atoms with E-state index in [-0.39, 0.29) is 5.97 Å². The van der Waals surface area contributed by atoms with Crippen molar-refractivity contribution in [2.45, 2.75) is 13.0 Å². The van der Waals surface area contributed by atoms with E-state index in [4.69, 9.17) is 0 Å². The second-order valence-corrected chi connectivity index (χ2v) is 2.88. The van der Waals surface area contributed by atoms with Gasteiger partial charge in [0.2, 0.25) is 0 Å². The average molecular weight is 197 g/mol. The van der Waals surface area contributed by atoms with E-state index in [0.29, 0.717) is 13.0 Å². The van der Waals surface area contributed by atoms with E-state index in [0.717, 1.165) is 13.1 Å². The van der Waals surface area contributed by atoms with Gasteiger partial charge in [0.1, 0.15) is 0 Å². The summed E-state index contributed by atoms with van der Waals surface area (Å²) in [5, 5.41) is 3.14. The summed E-state index contributed by atoms with van der Waals surface area (Å²) in [6.07, 6.45) is 5.83. The van der Waals surface area contributed by atoms with Crippen LogP contribution in [0, 0.1) is 0 Å². The third-order valence-corrected chi connectivity index (χ3v) is 1.84. The van der Waals surface area contributed by atoms with Gasteiger partial charge in [0.05, 0.1) is 19.9 Å². The number of aromatic nitrogens is 2. The van der Waals surface area contributed by atoms with Gasteiger partial charge in [-0.1, -0.05) is 0 Å². The Morgan fingerprint density at radius 1 is 1.57 bits per heavy atom. The van der Waals surface area contributed by atoms with Gasteiger partial charge in [-0.25, -0.2) is 4.98 Å². The van der Waals surface area contributed by atoms with Crippen molar-refractivity contribution in [3.05, 3.63) is 18.7 Å². The monoisotopic (exact) mass is 197 g/mol. The number of imidazole rings is 1. The Morgan fingerprint density at radius 2 is 2.43 bits per heavy atom. The average Bonchev–Trinajstić information content (AvgIpc) is 2.69. The molecule has 78 valence electrons. The van der Waals surface area contributed by atoms with Crippen LogP contribution < -0.4 is 5.32 Å². The Labute approximate surface area is 83.1 Å². The molecular formula is C9H15N3O2. The highest BCUT2D eigenvalue weighted by atomic mass is 16.5. The maximum absolute atomic E-state index is 10.7. The Balaban J connectivity index is 1.97. The van der Waals surface area contributed by atoms with Crippen LogP contribution in [0.4, 0.5) is 0 Å². The van der Waals surface area contributed by atoms with Crippen molar-refractivity contribution in [1.82, 2.24) is 14.9 Å². The molecule has 0 radical (unpaired) electrons. The fraction of sp³-hybridized carbons (Fsp3) is 0.556. The van der Waals surface area contributed by atoms with E-state index in [2.05, 4.69) is 15.0 Å². The topological polar surface area (TPSA) is 56.1 Å². The summed E-state index contributed by atoms with van der Waals surface area (Å²) in [5.74, 6) is -0.180. The van der Waals surface area contributed by atoms with Crippen LogP contribution in [0.3, 0.4) is 0 Å². The van der Waals surface area contributed by atoms with Crippen LogP contribution in [-0.2, 0) is 16.1 Å². The van der Waals surface area contributed by atoms with Gasteiger partial charge in [-0.15, -0.1) is 0 Å². The molecule has 0 aliphatic rings. The molecule has 0 aromatic carbocycles. The summed E-state index contributed by atoms with van der Waals surface area (Å²) >= 11 is 0. The molecule has 0 saturated heterocycles. The minimum absolute atomic E-state index is 0.180. The molecule has 0 amide bonds. The van der Waals surface area contributed by atoms with Crippen molar-refractivity contribution in [2.75, 3.05) is 20.2 Å². The van der Waals surface area contributed by atoms with E-state index in [1.165, 1.54) is 7.11 Å². The molecular weight excluding hydrogens is 182 g/mol. The van der Waals surface area contributed by atoms with Gasteiger partial charge in [-0.3, -0.25) is 4.79 Å². The first-order chi connectivity index (χ1) is 6.83. The highest BCUT2D eigenvalue weighted by molar-refractivity contribution is 5.69. The standard InChI is InChI=1S/C9H15N3O2/c1-14-9(13)2-3-10-4-6-12-7-5-11-8-12/h5,7-8,10H,2-4,6H2,1H3. The lowest BCUT2D eigenvalue weighted by Gasteiger charge is -2.04. The lowest BCUT2D eigenvalue weighted by atomic mass is 10.4. The Hall–Kier alpha value is -1.36. The smallest absolute Gasteiger partial charge is 0.306 e. The maximum atomic E-state index is 10.7. The lowest BCUT2D eigenvalue weighted by molar-refractivity contribution is -0.140. The maximum Gasteiger partial charge on any atom is 0.306 e. The van der Waals surface area contributed by atoms with Crippen LogP contribution in [0.15, 0.2) is 18.7 Å². The summed E-state index contributed by atoms with van der Waals surface area (Å²) in [7, 11) is 1.40. The summed E-state index contributed by atoms with van der Waals surface area (Å²) in [6.45, 7) is 2.34. The van der Waals surface area contributed by atoms with Crippen LogP contribution >= 0.6 is 0 Å². The lowest BCUT2D eigenvalue weighted by Crippen LogP contribution is -2.22. The van der Waals surface area contributed by atoms with Gasteiger partial charge in [-0.05, 0) is 0 Å². The predicted molar refractivity (Wildman–Crippen MR) is 51.7 cm³/mol. The van der Waals surface area contributed by atoms with E-state index >= 15 is 0 Å². The van der Waals surface area contributed by atoms with Crippen LogP contribution in [0.5, 0.6) is 0 Å². The van der Waals surface area contributed by atoms with E-state index in [9.17, 15) is 4.79 Å². The molecule has 0 atom stereocenters. The quantitative estimate of drug-likeness (QED) is 0.516. The number of carbonyl (C=O) groups excluding carboxylic acids is 1. The second kappa shape index (κ2) is 6.15. The summed E-state index contributed by atoms with van der Waals surface area (Å²) in [4.78, 5) is 14.6. The zero-order valence-corrected chi connectivity index (χ0v) is 8.27. The first kappa shape index (κ1) is 10.7. The fourth-order valence-corrected chi connectivity index (χ4v) is 1.04. The molecule has 1 aromatic rings.